The van der Waals surface area contributed by atoms with Crippen molar-refractivity contribution >= 4 is 34.2 Å². The number of fused-ring (bicyclic) bond motifs is 1. The number of aliphatic hydroxyl groups is 1. The van der Waals surface area contributed by atoms with Crippen LogP contribution < -0.4 is 0 Å². The molecule has 228 valence electrons. The number of nitrogens with zero attached hydrogens (tertiary/aromatic N) is 2. The number of halogens is 1. The van der Waals surface area contributed by atoms with Crippen molar-refractivity contribution in [3.63, 3.8) is 0 Å². The summed E-state index contributed by atoms with van der Waals surface area (Å²) in [6, 6.07) is 39.3. The molecule has 1 heterocycles. The highest BCUT2D eigenvalue weighted by atomic mass is 35.5. The van der Waals surface area contributed by atoms with Crippen LogP contribution in [0.2, 0.25) is 5.02 Å². The summed E-state index contributed by atoms with van der Waals surface area (Å²) >= 11 is 6.16. The monoisotopic (exact) mass is 616 g/mol. The lowest BCUT2D eigenvalue weighted by atomic mass is 9.93. The summed E-state index contributed by atoms with van der Waals surface area (Å²) in [5, 5.41) is 12.7. The van der Waals surface area contributed by atoms with Crippen molar-refractivity contribution in [1.82, 2.24) is 9.80 Å². The fraction of sp³-hybridized carbons (Fsp3) is 0.231. The van der Waals surface area contributed by atoms with Gasteiger partial charge in [0.2, 0.25) is 5.91 Å². The van der Waals surface area contributed by atoms with Gasteiger partial charge in [-0.05, 0) is 70.5 Å². The number of amides is 2. The molecule has 1 saturated heterocycles. The fourth-order valence-electron chi connectivity index (χ4n) is 6.47. The van der Waals surface area contributed by atoms with E-state index in [0.717, 1.165) is 33.0 Å². The number of hydrogen-bond donors (Lipinski definition) is 1. The van der Waals surface area contributed by atoms with Crippen LogP contribution in [0.5, 0.6) is 0 Å². The number of rotatable bonds is 9. The van der Waals surface area contributed by atoms with E-state index in [9.17, 15) is 14.7 Å². The number of carbonyl (C=O) groups is 2. The third kappa shape index (κ3) is 7.11. The van der Waals surface area contributed by atoms with Gasteiger partial charge in [0.05, 0.1) is 12.5 Å². The number of hydrogen-bond acceptors (Lipinski definition) is 3. The lowest BCUT2D eigenvalue weighted by molar-refractivity contribution is -0.136. The van der Waals surface area contributed by atoms with Gasteiger partial charge < -0.3 is 14.9 Å². The second-order valence-corrected chi connectivity index (χ2v) is 12.2. The molecule has 6 heteroatoms. The van der Waals surface area contributed by atoms with Gasteiger partial charge in [0.1, 0.15) is 0 Å². The number of aliphatic hydroxyl groups excluding tert-OH is 1. The SMILES string of the molecule is O=C(Cc1ccc2ccccc2c1)N1CC(CCCO)N(C(=O)c2ccccc2-c2ccc(Cl)cc2)CC1Cc1ccccc1. The van der Waals surface area contributed by atoms with E-state index < -0.39 is 0 Å². The second-order valence-electron chi connectivity index (χ2n) is 11.8. The first-order valence-corrected chi connectivity index (χ1v) is 16.0. The summed E-state index contributed by atoms with van der Waals surface area (Å²) in [5.41, 5.74) is 4.46. The first-order valence-electron chi connectivity index (χ1n) is 15.6. The molecule has 1 aliphatic heterocycles. The predicted octanol–water partition coefficient (Wildman–Crippen LogP) is 7.44. The fourth-order valence-corrected chi connectivity index (χ4v) is 6.59. The topological polar surface area (TPSA) is 60.9 Å². The average molecular weight is 617 g/mol. The zero-order chi connectivity index (χ0) is 31.2. The number of benzene rings is 5. The molecule has 2 amide bonds. The molecule has 0 aliphatic carbocycles. The Balaban J connectivity index is 1.32. The van der Waals surface area contributed by atoms with Crippen LogP contribution in [-0.4, -0.2) is 58.5 Å². The average Bonchev–Trinajstić information content (AvgIpc) is 3.08. The van der Waals surface area contributed by atoms with Crippen LogP contribution >= 0.6 is 11.6 Å². The van der Waals surface area contributed by atoms with Gasteiger partial charge in [0.25, 0.3) is 5.91 Å². The van der Waals surface area contributed by atoms with Crippen LogP contribution in [0.3, 0.4) is 0 Å². The van der Waals surface area contributed by atoms with Gasteiger partial charge in [-0.15, -0.1) is 0 Å². The molecule has 1 N–H and O–H groups in total. The lowest BCUT2D eigenvalue weighted by Crippen LogP contribution is -2.62. The van der Waals surface area contributed by atoms with Crippen molar-refractivity contribution in [2.45, 2.75) is 37.8 Å². The summed E-state index contributed by atoms with van der Waals surface area (Å²) in [5.74, 6) is -0.0166. The van der Waals surface area contributed by atoms with Crippen LogP contribution in [0.4, 0.5) is 0 Å². The van der Waals surface area contributed by atoms with E-state index in [4.69, 9.17) is 11.6 Å². The van der Waals surface area contributed by atoms with Crippen LogP contribution in [0.25, 0.3) is 21.9 Å². The van der Waals surface area contributed by atoms with Gasteiger partial charge in [-0.2, -0.15) is 0 Å². The Morgan fingerprint density at radius 1 is 0.711 bits per heavy atom. The van der Waals surface area contributed by atoms with E-state index in [0.29, 0.717) is 42.9 Å². The maximum Gasteiger partial charge on any atom is 0.254 e. The molecule has 1 aliphatic rings. The van der Waals surface area contributed by atoms with Gasteiger partial charge in [-0.25, -0.2) is 0 Å². The lowest BCUT2D eigenvalue weighted by Gasteiger charge is -2.47. The van der Waals surface area contributed by atoms with Crippen molar-refractivity contribution in [1.29, 1.82) is 0 Å². The molecule has 0 spiro atoms. The van der Waals surface area contributed by atoms with Crippen LogP contribution in [0, 0.1) is 0 Å². The third-order valence-electron chi connectivity index (χ3n) is 8.77. The molecule has 6 rings (SSSR count). The quantitative estimate of drug-likeness (QED) is 0.187. The van der Waals surface area contributed by atoms with E-state index in [2.05, 4.69) is 36.4 Å². The molecule has 0 saturated carbocycles. The van der Waals surface area contributed by atoms with E-state index in [1.165, 1.54) is 0 Å². The van der Waals surface area contributed by atoms with Gasteiger partial charge in [-0.3, -0.25) is 9.59 Å². The maximum absolute atomic E-state index is 14.5. The van der Waals surface area contributed by atoms with Gasteiger partial charge >= 0.3 is 0 Å². The Labute approximate surface area is 269 Å². The first-order chi connectivity index (χ1) is 22.0. The predicted molar refractivity (Wildman–Crippen MR) is 181 cm³/mol. The van der Waals surface area contributed by atoms with Crippen molar-refractivity contribution in [3.05, 3.63) is 143 Å². The molecule has 5 aromatic carbocycles. The van der Waals surface area contributed by atoms with Crippen molar-refractivity contribution in [2.75, 3.05) is 19.7 Å². The number of piperazine rings is 1. The molecule has 2 unspecified atom stereocenters. The first kappa shape index (κ1) is 30.6. The third-order valence-corrected chi connectivity index (χ3v) is 9.02. The molecule has 45 heavy (non-hydrogen) atoms. The minimum Gasteiger partial charge on any atom is -0.396 e. The molecule has 0 aromatic heterocycles. The highest BCUT2D eigenvalue weighted by Crippen LogP contribution is 2.30. The molecular weight excluding hydrogens is 580 g/mol. The zero-order valence-corrected chi connectivity index (χ0v) is 25.9. The van der Waals surface area contributed by atoms with Crippen molar-refractivity contribution in [3.8, 4) is 11.1 Å². The summed E-state index contributed by atoms with van der Waals surface area (Å²) in [6.45, 7) is 0.847. The van der Waals surface area contributed by atoms with Crippen molar-refractivity contribution < 1.29 is 14.7 Å². The molecule has 0 bridgehead atoms. The molecule has 2 atom stereocenters. The second kappa shape index (κ2) is 14.1. The smallest absolute Gasteiger partial charge is 0.254 e. The molecule has 1 fully saturated rings. The number of carbonyl (C=O) groups excluding carboxylic acids is 2. The van der Waals surface area contributed by atoms with E-state index >= 15 is 0 Å². The van der Waals surface area contributed by atoms with E-state index in [-0.39, 0.29) is 36.9 Å². The van der Waals surface area contributed by atoms with Crippen LogP contribution in [-0.2, 0) is 17.6 Å². The highest BCUT2D eigenvalue weighted by Gasteiger charge is 2.39. The van der Waals surface area contributed by atoms with Gasteiger partial charge in [0, 0.05) is 36.3 Å². The molecule has 5 aromatic rings. The Morgan fingerprint density at radius 2 is 1.40 bits per heavy atom. The van der Waals surface area contributed by atoms with Crippen molar-refractivity contribution in [2.24, 2.45) is 0 Å². The van der Waals surface area contributed by atoms with Crippen LogP contribution in [0.15, 0.2) is 121 Å². The Morgan fingerprint density at radius 3 is 2.18 bits per heavy atom. The Kier molecular flexibility index (Phi) is 9.58. The molecule has 5 nitrogen and oxygen atoms in total. The normalized spacial score (nSPS) is 16.6. The minimum atomic E-state index is -0.226. The van der Waals surface area contributed by atoms with Crippen LogP contribution in [0.1, 0.15) is 34.3 Å². The molecule has 0 radical (unpaired) electrons. The van der Waals surface area contributed by atoms with Gasteiger partial charge in [-0.1, -0.05) is 115 Å². The summed E-state index contributed by atoms with van der Waals surface area (Å²) in [4.78, 5) is 32.5. The zero-order valence-electron chi connectivity index (χ0n) is 25.2. The standard InChI is InChI=1S/C39H37ClN2O3/c40-33-20-18-31(19-21-33)36-14-6-7-15-37(36)39(45)42-27-35(24-28-9-2-1-3-10-28)41(26-34(42)13-8-22-43)38(44)25-29-16-17-30-11-4-5-12-32(30)23-29/h1-7,9-12,14-21,23,34-35,43H,8,13,22,24-27H2. The minimum absolute atomic E-state index is 0.0262. The largest absolute Gasteiger partial charge is 0.396 e. The summed E-state index contributed by atoms with van der Waals surface area (Å²) in [7, 11) is 0. The highest BCUT2D eigenvalue weighted by molar-refractivity contribution is 6.30. The van der Waals surface area contributed by atoms with Gasteiger partial charge in [0.15, 0.2) is 0 Å². The molecular formula is C39H37ClN2O3. The van der Waals surface area contributed by atoms with E-state index in [1.807, 2.05) is 94.7 Å². The summed E-state index contributed by atoms with van der Waals surface area (Å²) < 4.78 is 0. The van der Waals surface area contributed by atoms with E-state index in [1.54, 1.807) is 0 Å². The maximum atomic E-state index is 14.5. The Hall–Kier alpha value is -4.45. The summed E-state index contributed by atoms with van der Waals surface area (Å²) in [6.07, 6.45) is 2.07. The Bertz CT molecular complexity index is 1770.